The Hall–Kier alpha value is -3.53. The number of rotatable bonds is 8. The lowest BCUT2D eigenvalue weighted by Crippen LogP contribution is -2.41. The zero-order chi connectivity index (χ0) is 23.9. The molecule has 0 aliphatic heterocycles. The van der Waals surface area contributed by atoms with Crippen LogP contribution in [0.15, 0.2) is 65.3 Å². The number of amides is 1. The van der Waals surface area contributed by atoms with Crippen LogP contribution in [0, 0.1) is 12.7 Å². The maximum Gasteiger partial charge on any atom is 0.416 e. The first-order valence-electron chi connectivity index (χ1n) is 9.36. The molecule has 0 bridgehead atoms. The van der Waals surface area contributed by atoms with Gasteiger partial charge in [-0.2, -0.15) is 18.3 Å². The lowest BCUT2D eigenvalue weighted by Gasteiger charge is -2.16. The molecule has 1 atom stereocenters. The third-order valence-corrected chi connectivity index (χ3v) is 4.30. The number of hydrogen-bond acceptors (Lipinski definition) is 5. The van der Waals surface area contributed by atoms with Gasteiger partial charge in [0.2, 0.25) is 0 Å². The van der Waals surface area contributed by atoms with E-state index in [-0.39, 0.29) is 12.0 Å². The highest BCUT2D eigenvalue weighted by Crippen LogP contribution is 2.19. The van der Waals surface area contributed by atoms with Gasteiger partial charge in [-0.3, -0.25) is 14.6 Å². The van der Waals surface area contributed by atoms with Crippen molar-refractivity contribution in [3.8, 4) is 0 Å². The van der Waals surface area contributed by atoms with Gasteiger partial charge in [0.1, 0.15) is 5.82 Å². The molecule has 0 saturated heterocycles. The Morgan fingerprint density at radius 3 is 2.44 bits per heavy atom. The average molecular weight is 451 g/mol. The number of hydrogen-bond donors (Lipinski definition) is 2. The molecule has 2 rings (SSSR count). The van der Waals surface area contributed by atoms with E-state index in [0.29, 0.717) is 11.3 Å². The summed E-state index contributed by atoms with van der Waals surface area (Å²) in [4.78, 5) is 23.7. The van der Waals surface area contributed by atoms with Crippen molar-refractivity contribution in [2.45, 2.75) is 19.2 Å². The van der Waals surface area contributed by atoms with Gasteiger partial charge in [0.05, 0.1) is 23.5 Å². The SMILES string of the molecule is Cc1ccc(C(/C=C(\C=O)C(=O)NCC(O)C(F)(F)F)=N/N(C)c2cccc(F)c2)cc1. The van der Waals surface area contributed by atoms with Crippen LogP contribution >= 0.6 is 0 Å². The summed E-state index contributed by atoms with van der Waals surface area (Å²) in [6, 6.07) is 12.4. The number of nitrogens with one attached hydrogen (secondary N) is 1. The highest BCUT2D eigenvalue weighted by atomic mass is 19.4. The largest absolute Gasteiger partial charge is 0.416 e. The normalized spacial score (nSPS) is 13.5. The molecule has 0 saturated carbocycles. The number of carbonyl (C=O) groups excluding carboxylic acids is 2. The number of alkyl halides is 3. The van der Waals surface area contributed by atoms with Crippen LogP contribution in [-0.4, -0.2) is 48.9 Å². The number of hydrazone groups is 1. The molecule has 0 aromatic heterocycles. The predicted octanol–water partition coefficient (Wildman–Crippen LogP) is 3.14. The summed E-state index contributed by atoms with van der Waals surface area (Å²) in [5.41, 5.74) is 1.44. The molecule has 0 heterocycles. The fourth-order valence-corrected chi connectivity index (χ4v) is 2.50. The molecule has 2 N–H and O–H groups in total. The number of halogens is 4. The number of anilines is 1. The van der Waals surface area contributed by atoms with Crippen molar-refractivity contribution in [1.82, 2.24) is 5.32 Å². The highest BCUT2D eigenvalue weighted by molar-refractivity contribution is 6.19. The van der Waals surface area contributed by atoms with Gasteiger partial charge in [0, 0.05) is 12.6 Å². The number of benzene rings is 2. The minimum absolute atomic E-state index is 0.130. The van der Waals surface area contributed by atoms with Gasteiger partial charge in [-0.25, -0.2) is 4.39 Å². The molecule has 170 valence electrons. The Morgan fingerprint density at radius 1 is 1.22 bits per heavy atom. The predicted molar refractivity (Wildman–Crippen MR) is 112 cm³/mol. The van der Waals surface area contributed by atoms with Gasteiger partial charge >= 0.3 is 6.18 Å². The van der Waals surface area contributed by atoms with Crippen LogP contribution in [0.1, 0.15) is 11.1 Å². The molecule has 10 heteroatoms. The standard InChI is InChI=1S/C22H21F4N3O3/c1-14-6-8-15(9-7-14)19(28-29(2)18-5-3-4-17(23)11-18)10-16(13-30)21(32)27-12-20(31)22(24,25)26/h3-11,13,20,31H,12H2,1-2H3,(H,27,32)/b16-10+,28-19+. The van der Waals surface area contributed by atoms with Gasteiger partial charge in [-0.05, 0) is 31.2 Å². The highest BCUT2D eigenvalue weighted by Gasteiger charge is 2.38. The van der Waals surface area contributed by atoms with Crippen LogP contribution in [0.2, 0.25) is 0 Å². The van der Waals surface area contributed by atoms with Crippen LogP contribution in [-0.2, 0) is 9.59 Å². The molecule has 0 aliphatic rings. The summed E-state index contributed by atoms with van der Waals surface area (Å²) in [7, 11) is 1.52. The smallest absolute Gasteiger partial charge is 0.382 e. The summed E-state index contributed by atoms with van der Waals surface area (Å²) in [6.07, 6.45) is -6.42. The molecule has 1 unspecified atom stereocenters. The fraction of sp³-hybridized carbons (Fsp3) is 0.227. The van der Waals surface area contributed by atoms with E-state index >= 15 is 0 Å². The summed E-state index contributed by atoms with van der Waals surface area (Å²) in [5.74, 6) is -1.61. The summed E-state index contributed by atoms with van der Waals surface area (Å²) < 4.78 is 50.9. The van der Waals surface area contributed by atoms with E-state index in [0.717, 1.165) is 11.6 Å². The molecule has 2 aromatic rings. The van der Waals surface area contributed by atoms with Crippen molar-refractivity contribution in [1.29, 1.82) is 0 Å². The fourth-order valence-electron chi connectivity index (χ4n) is 2.50. The number of aliphatic hydroxyl groups excluding tert-OH is 1. The minimum Gasteiger partial charge on any atom is -0.382 e. The molecular formula is C22H21F4N3O3. The van der Waals surface area contributed by atoms with Crippen molar-refractivity contribution < 1.29 is 32.3 Å². The molecule has 6 nitrogen and oxygen atoms in total. The van der Waals surface area contributed by atoms with E-state index in [9.17, 15) is 27.2 Å². The first-order chi connectivity index (χ1) is 15.0. The van der Waals surface area contributed by atoms with Crippen LogP contribution in [0.25, 0.3) is 0 Å². The van der Waals surface area contributed by atoms with E-state index < -0.39 is 36.1 Å². The number of carbonyl (C=O) groups is 2. The molecule has 0 fully saturated rings. The maximum absolute atomic E-state index is 13.5. The van der Waals surface area contributed by atoms with Crippen molar-refractivity contribution in [2.75, 3.05) is 18.6 Å². The second kappa shape index (κ2) is 10.7. The van der Waals surface area contributed by atoms with Crippen molar-refractivity contribution in [3.05, 3.63) is 77.1 Å². The van der Waals surface area contributed by atoms with Gasteiger partial charge in [0.25, 0.3) is 5.91 Å². The van der Waals surface area contributed by atoms with Gasteiger partial charge in [-0.1, -0.05) is 35.9 Å². The van der Waals surface area contributed by atoms with E-state index in [2.05, 4.69) is 5.10 Å². The quantitative estimate of drug-likeness (QED) is 0.123. The van der Waals surface area contributed by atoms with Gasteiger partial charge in [-0.15, -0.1) is 0 Å². The first-order valence-corrected chi connectivity index (χ1v) is 9.36. The van der Waals surface area contributed by atoms with Crippen molar-refractivity contribution in [3.63, 3.8) is 0 Å². The molecule has 0 radical (unpaired) electrons. The summed E-state index contributed by atoms with van der Waals surface area (Å²) in [5, 5.41) is 16.6. The van der Waals surface area contributed by atoms with Crippen LogP contribution in [0.3, 0.4) is 0 Å². The van der Waals surface area contributed by atoms with Crippen LogP contribution < -0.4 is 10.3 Å². The Bertz CT molecular complexity index is 1020. The number of nitrogens with zero attached hydrogens (tertiary/aromatic N) is 2. The van der Waals surface area contributed by atoms with Crippen LogP contribution in [0.5, 0.6) is 0 Å². The Balaban J connectivity index is 2.39. The zero-order valence-corrected chi connectivity index (χ0v) is 17.2. The lowest BCUT2D eigenvalue weighted by atomic mass is 10.1. The molecule has 1 amide bonds. The third kappa shape index (κ3) is 7.02. The first kappa shape index (κ1) is 24.7. The van der Waals surface area contributed by atoms with Gasteiger partial charge < -0.3 is 10.4 Å². The van der Waals surface area contributed by atoms with Crippen molar-refractivity contribution >= 4 is 23.6 Å². The molecule has 2 aromatic carbocycles. The van der Waals surface area contributed by atoms with Crippen LogP contribution in [0.4, 0.5) is 23.2 Å². The number of aldehydes is 1. The van der Waals surface area contributed by atoms with E-state index in [4.69, 9.17) is 5.11 Å². The van der Waals surface area contributed by atoms with Crippen molar-refractivity contribution in [2.24, 2.45) is 5.10 Å². The second-order valence-electron chi connectivity index (χ2n) is 6.84. The lowest BCUT2D eigenvalue weighted by molar-refractivity contribution is -0.201. The zero-order valence-electron chi connectivity index (χ0n) is 17.2. The van der Waals surface area contributed by atoms with Gasteiger partial charge in [0.15, 0.2) is 12.4 Å². The molecule has 0 aliphatic carbocycles. The Kier molecular flexibility index (Phi) is 8.25. The minimum atomic E-state index is -4.92. The molecule has 0 spiro atoms. The number of aryl methyl sites for hydroxylation is 1. The Morgan fingerprint density at radius 2 is 1.88 bits per heavy atom. The van der Waals surface area contributed by atoms with E-state index in [1.54, 1.807) is 30.3 Å². The second-order valence-corrected chi connectivity index (χ2v) is 6.84. The summed E-state index contributed by atoms with van der Waals surface area (Å²) >= 11 is 0. The monoisotopic (exact) mass is 451 g/mol. The van der Waals surface area contributed by atoms with E-state index in [1.807, 2.05) is 12.2 Å². The average Bonchev–Trinajstić information content (AvgIpc) is 2.74. The maximum atomic E-state index is 13.5. The molecular weight excluding hydrogens is 430 g/mol. The number of aliphatic hydroxyl groups is 1. The third-order valence-electron chi connectivity index (χ3n) is 4.30. The Labute approximate surface area is 181 Å². The summed E-state index contributed by atoms with van der Waals surface area (Å²) in [6.45, 7) is 0.735. The topological polar surface area (TPSA) is 82.0 Å². The van der Waals surface area contributed by atoms with E-state index in [1.165, 1.54) is 30.3 Å². The molecule has 32 heavy (non-hydrogen) atoms. The number of allylic oxidation sites excluding steroid dienone is 1.